The van der Waals surface area contributed by atoms with Gasteiger partial charge in [-0.05, 0) is 43.7 Å². The molecule has 3 nitrogen and oxygen atoms in total. The van der Waals surface area contributed by atoms with Crippen molar-refractivity contribution in [2.75, 3.05) is 11.9 Å². The molecule has 128 valence electrons. The fourth-order valence-electron chi connectivity index (χ4n) is 2.14. The van der Waals surface area contributed by atoms with E-state index >= 15 is 0 Å². The molecule has 0 saturated heterocycles. The van der Waals surface area contributed by atoms with Crippen molar-refractivity contribution in [2.24, 2.45) is 0 Å². The molecule has 0 atom stereocenters. The molecule has 7 heteroatoms. The van der Waals surface area contributed by atoms with Gasteiger partial charge in [-0.3, -0.25) is 4.79 Å². The molecule has 0 aliphatic heterocycles. The Hall–Kier alpha value is -2.21. The van der Waals surface area contributed by atoms with Crippen LogP contribution in [0.3, 0.4) is 0 Å². The third kappa shape index (κ3) is 4.89. The van der Waals surface area contributed by atoms with Gasteiger partial charge in [-0.1, -0.05) is 29.3 Å². The Labute approximate surface area is 142 Å². The summed E-state index contributed by atoms with van der Waals surface area (Å²) in [6.07, 6.45) is -4.48. The lowest BCUT2D eigenvalue weighted by Crippen LogP contribution is -2.20. The van der Waals surface area contributed by atoms with Gasteiger partial charge in [0.25, 0.3) is 5.91 Å². The minimum Gasteiger partial charge on any atom is -0.482 e. The van der Waals surface area contributed by atoms with Crippen LogP contribution in [0.5, 0.6) is 5.75 Å². The van der Waals surface area contributed by atoms with E-state index in [0.717, 1.165) is 11.1 Å². The summed E-state index contributed by atoms with van der Waals surface area (Å²) in [5, 5.41) is 2.82. The molecule has 2 aromatic carbocycles. The molecule has 0 spiro atoms. The highest BCUT2D eigenvalue weighted by Crippen LogP contribution is 2.30. The fraction of sp³-hybridized carbons (Fsp3) is 0.235. The van der Waals surface area contributed by atoms with Crippen LogP contribution in [0.4, 0.5) is 18.9 Å². The first-order chi connectivity index (χ1) is 11.2. The predicted octanol–water partition coefficient (Wildman–Crippen LogP) is 5.15. The number of alkyl halides is 3. The quantitative estimate of drug-likeness (QED) is 0.821. The minimum atomic E-state index is -4.48. The van der Waals surface area contributed by atoms with E-state index in [-0.39, 0.29) is 16.5 Å². The number of benzene rings is 2. The third-order valence-electron chi connectivity index (χ3n) is 3.21. The summed E-state index contributed by atoms with van der Waals surface area (Å²) < 4.78 is 41.7. The number of carbonyl (C=O) groups excluding carboxylic acids is 1. The van der Waals surface area contributed by atoms with E-state index in [4.69, 9.17) is 16.3 Å². The van der Waals surface area contributed by atoms with Gasteiger partial charge in [0.15, 0.2) is 6.61 Å². The number of hydrogen-bond donors (Lipinski definition) is 1. The van der Waals surface area contributed by atoms with E-state index in [0.29, 0.717) is 5.56 Å². The maximum Gasteiger partial charge on any atom is 0.422 e. The summed E-state index contributed by atoms with van der Waals surface area (Å²) in [6, 6.07) is 9.29. The second-order valence-corrected chi connectivity index (χ2v) is 5.75. The summed E-state index contributed by atoms with van der Waals surface area (Å²) in [6.45, 7) is 2.22. The normalized spacial score (nSPS) is 11.2. The van der Waals surface area contributed by atoms with Crippen molar-refractivity contribution >= 4 is 23.2 Å². The lowest BCUT2D eigenvalue weighted by atomic mass is 10.1. The van der Waals surface area contributed by atoms with Gasteiger partial charge in [0.05, 0.1) is 5.69 Å². The molecular formula is C17H15ClF3NO2. The molecule has 0 unspecified atom stereocenters. The lowest BCUT2D eigenvalue weighted by Gasteiger charge is -2.15. The first-order valence-electron chi connectivity index (χ1n) is 7.03. The number of nitrogens with one attached hydrogen (secondary N) is 1. The van der Waals surface area contributed by atoms with Crippen LogP contribution in [0.1, 0.15) is 21.5 Å². The third-order valence-corrected chi connectivity index (χ3v) is 3.44. The van der Waals surface area contributed by atoms with Crippen molar-refractivity contribution < 1.29 is 22.7 Å². The maximum absolute atomic E-state index is 12.4. The predicted molar refractivity (Wildman–Crippen MR) is 86.9 cm³/mol. The van der Waals surface area contributed by atoms with Gasteiger partial charge in [0.2, 0.25) is 0 Å². The topological polar surface area (TPSA) is 38.3 Å². The summed E-state index contributed by atoms with van der Waals surface area (Å²) in [5.41, 5.74) is 2.26. The number of ether oxygens (including phenoxy) is 1. The first-order valence-corrected chi connectivity index (χ1v) is 7.41. The molecular weight excluding hydrogens is 343 g/mol. The first kappa shape index (κ1) is 18.1. The van der Waals surface area contributed by atoms with Gasteiger partial charge in [-0.2, -0.15) is 13.2 Å². The van der Waals surface area contributed by atoms with Gasteiger partial charge in [-0.25, -0.2) is 0 Å². The second kappa shape index (κ2) is 7.13. The van der Waals surface area contributed by atoms with E-state index in [2.05, 4.69) is 5.32 Å². The summed E-state index contributed by atoms with van der Waals surface area (Å²) in [5.74, 6) is -0.554. The van der Waals surface area contributed by atoms with E-state index in [1.165, 1.54) is 18.2 Å². The number of aryl methyl sites for hydroxylation is 2. The fourth-order valence-corrected chi connectivity index (χ4v) is 2.32. The van der Waals surface area contributed by atoms with Crippen molar-refractivity contribution in [2.45, 2.75) is 20.0 Å². The average molecular weight is 358 g/mol. The van der Waals surface area contributed by atoms with Crippen LogP contribution in [-0.2, 0) is 0 Å². The van der Waals surface area contributed by atoms with Crippen LogP contribution in [0.25, 0.3) is 0 Å². The molecule has 1 N–H and O–H groups in total. The Morgan fingerprint density at radius 3 is 2.50 bits per heavy atom. The Morgan fingerprint density at radius 2 is 1.88 bits per heavy atom. The van der Waals surface area contributed by atoms with E-state index in [1.54, 1.807) is 19.1 Å². The average Bonchev–Trinajstić information content (AvgIpc) is 2.45. The smallest absolute Gasteiger partial charge is 0.422 e. The molecule has 0 aliphatic rings. The second-order valence-electron chi connectivity index (χ2n) is 5.32. The number of anilines is 1. The number of carbonyl (C=O) groups is 1. The Morgan fingerprint density at radius 1 is 1.17 bits per heavy atom. The van der Waals surface area contributed by atoms with Crippen molar-refractivity contribution in [3.05, 3.63) is 58.1 Å². The van der Waals surface area contributed by atoms with Gasteiger partial charge in [0.1, 0.15) is 5.75 Å². The van der Waals surface area contributed by atoms with Gasteiger partial charge < -0.3 is 10.1 Å². The van der Waals surface area contributed by atoms with E-state index in [1.807, 2.05) is 13.0 Å². The zero-order chi connectivity index (χ0) is 17.9. The molecule has 0 bridgehead atoms. The van der Waals surface area contributed by atoms with Crippen LogP contribution in [0.2, 0.25) is 5.02 Å². The van der Waals surface area contributed by atoms with Gasteiger partial charge in [0, 0.05) is 10.6 Å². The highest BCUT2D eigenvalue weighted by atomic mass is 35.5. The van der Waals surface area contributed by atoms with Crippen LogP contribution in [0.15, 0.2) is 36.4 Å². The van der Waals surface area contributed by atoms with E-state index < -0.39 is 18.7 Å². The van der Waals surface area contributed by atoms with Gasteiger partial charge >= 0.3 is 6.18 Å². The molecule has 0 heterocycles. The molecule has 24 heavy (non-hydrogen) atoms. The number of rotatable bonds is 4. The molecule has 0 aliphatic carbocycles. The molecule has 1 amide bonds. The highest BCUT2D eigenvalue weighted by Gasteiger charge is 2.29. The SMILES string of the molecule is Cc1ccc(C(=O)Nc2cc(Cl)ccc2OCC(F)(F)F)c(C)c1. The zero-order valence-electron chi connectivity index (χ0n) is 13.0. The Balaban J connectivity index is 2.24. The van der Waals surface area contributed by atoms with E-state index in [9.17, 15) is 18.0 Å². The van der Waals surface area contributed by atoms with Crippen LogP contribution in [0, 0.1) is 13.8 Å². The lowest BCUT2D eigenvalue weighted by molar-refractivity contribution is -0.153. The summed E-state index contributed by atoms with van der Waals surface area (Å²) in [4.78, 5) is 12.4. The summed E-state index contributed by atoms with van der Waals surface area (Å²) in [7, 11) is 0. The monoisotopic (exact) mass is 357 g/mol. The van der Waals surface area contributed by atoms with Crippen molar-refractivity contribution in [3.63, 3.8) is 0 Å². The number of halogens is 4. The highest BCUT2D eigenvalue weighted by molar-refractivity contribution is 6.31. The Kier molecular flexibility index (Phi) is 5.39. The largest absolute Gasteiger partial charge is 0.482 e. The van der Waals surface area contributed by atoms with Crippen LogP contribution in [-0.4, -0.2) is 18.7 Å². The minimum absolute atomic E-state index is 0.0803. The summed E-state index contributed by atoms with van der Waals surface area (Å²) >= 11 is 5.86. The van der Waals surface area contributed by atoms with Crippen molar-refractivity contribution in [1.82, 2.24) is 0 Å². The molecule has 0 fully saturated rings. The molecule has 0 saturated carbocycles. The van der Waals surface area contributed by atoms with Crippen molar-refractivity contribution in [1.29, 1.82) is 0 Å². The Bertz CT molecular complexity index is 760. The van der Waals surface area contributed by atoms with Gasteiger partial charge in [-0.15, -0.1) is 0 Å². The maximum atomic E-state index is 12.4. The molecule has 2 aromatic rings. The number of amides is 1. The molecule has 0 radical (unpaired) electrons. The standard InChI is InChI=1S/C17H15ClF3NO2/c1-10-3-5-13(11(2)7-10)16(23)22-14-8-12(18)4-6-15(14)24-9-17(19,20)21/h3-8H,9H2,1-2H3,(H,22,23). The van der Waals surface area contributed by atoms with Crippen LogP contribution >= 0.6 is 11.6 Å². The van der Waals surface area contributed by atoms with Crippen LogP contribution < -0.4 is 10.1 Å². The van der Waals surface area contributed by atoms with Crippen molar-refractivity contribution in [3.8, 4) is 5.75 Å². The molecule has 0 aromatic heterocycles. The zero-order valence-corrected chi connectivity index (χ0v) is 13.8. The number of hydrogen-bond acceptors (Lipinski definition) is 2. The molecule has 2 rings (SSSR count).